The molecule has 2 rings (SSSR count). The number of nitro benzene ring substituents is 1. The molecular weight excluding hydrogens is 398 g/mol. The van der Waals surface area contributed by atoms with E-state index < -0.39 is 22.7 Å². The maximum absolute atomic E-state index is 12.5. The summed E-state index contributed by atoms with van der Waals surface area (Å²) in [5, 5.41) is 20.6. The van der Waals surface area contributed by atoms with Gasteiger partial charge in [-0.3, -0.25) is 19.8 Å². The molecule has 1 saturated heterocycles. The first-order valence-corrected chi connectivity index (χ1v) is 9.51. The van der Waals surface area contributed by atoms with Crippen molar-refractivity contribution in [2.45, 2.75) is 37.3 Å². The van der Waals surface area contributed by atoms with E-state index in [-0.39, 0.29) is 42.7 Å². The van der Waals surface area contributed by atoms with Crippen molar-refractivity contribution in [1.29, 1.82) is 0 Å². The summed E-state index contributed by atoms with van der Waals surface area (Å²) in [7, 11) is 0. The number of piperazine rings is 1. The van der Waals surface area contributed by atoms with Crippen molar-refractivity contribution in [2.75, 3.05) is 26.2 Å². The van der Waals surface area contributed by atoms with Crippen molar-refractivity contribution in [3.8, 4) is 0 Å². The Morgan fingerprint density at radius 3 is 2.66 bits per heavy atom. The van der Waals surface area contributed by atoms with E-state index in [4.69, 9.17) is 4.74 Å². The van der Waals surface area contributed by atoms with Crippen LogP contribution in [0.1, 0.15) is 26.3 Å². The number of benzene rings is 1. The van der Waals surface area contributed by atoms with E-state index >= 15 is 0 Å². The van der Waals surface area contributed by atoms with Gasteiger partial charge in [0.1, 0.15) is 5.60 Å². The molecule has 1 aromatic carbocycles. The van der Waals surface area contributed by atoms with Gasteiger partial charge in [0, 0.05) is 31.8 Å². The van der Waals surface area contributed by atoms with Crippen LogP contribution in [0.3, 0.4) is 0 Å². The third-order valence-electron chi connectivity index (χ3n) is 4.25. The topological polar surface area (TPSA) is 113 Å². The van der Waals surface area contributed by atoms with Crippen LogP contribution >= 0.6 is 12.6 Å². The molecule has 29 heavy (non-hydrogen) atoms. The van der Waals surface area contributed by atoms with Crippen molar-refractivity contribution in [1.82, 2.24) is 9.80 Å². The Labute approximate surface area is 174 Å². The number of ether oxygens (including phenoxy) is 1. The molecule has 2 amide bonds. The number of nitrogens with zero attached hydrogens (tertiary/aromatic N) is 3. The Balaban J connectivity index is 2.04. The van der Waals surface area contributed by atoms with Crippen LogP contribution in [-0.4, -0.2) is 69.7 Å². The van der Waals surface area contributed by atoms with Crippen LogP contribution in [0.2, 0.25) is 0 Å². The lowest BCUT2D eigenvalue weighted by Crippen LogP contribution is -2.58. The van der Waals surface area contributed by atoms with Gasteiger partial charge in [-0.2, -0.15) is 0 Å². The minimum absolute atomic E-state index is 0.144. The summed E-state index contributed by atoms with van der Waals surface area (Å²) in [6.45, 7) is 5.65. The zero-order chi connectivity index (χ0) is 21.8. The summed E-state index contributed by atoms with van der Waals surface area (Å²) in [5.41, 5.74) is -0.305. The van der Waals surface area contributed by atoms with Gasteiger partial charge in [0.2, 0.25) is 5.91 Å². The zero-order valence-corrected chi connectivity index (χ0v) is 17.5. The van der Waals surface area contributed by atoms with Crippen molar-refractivity contribution in [2.24, 2.45) is 0 Å². The molecule has 1 aromatic rings. The Hall–Kier alpha value is -2.59. The first-order valence-electron chi connectivity index (χ1n) is 9.06. The smallest absolute Gasteiger partial charge is 0.410 e. The second-order valence-electron chi connectivity index (χ2n) is 7.63. The van der Waals surface area contributed by atoms with Gasteiger partial charge >= 0.3 is 6.09 Å². The van der Waals surface area contributed by atoms with E-state index in [1.165, 1.54) is 34.1 Å². The van der Waals surface area contributed by atoms with E-state index in [0.717, 1.165) is 0 Å². The van der Waals surface area contributed by atoms with Gasteiger partial charge in [0.05, 0.1) is 22.5 Å². The average molecular weight is 423 g/mol. The lowest BCUT2D eigenvalue weighted by Gasteiger charge is -2.40. The highest BCUT2D eigenvalue weighted by Crippen LogP contribution is 2.24. The molecule has 1 heterocycles. The summed E-state index contributed by atoms with van der Waals surface area (Å²) in [6.07, 6.45) is 2.27. The van der Waals surface area contributed by atoms with Crippen LogP contribution in [0.15, 0.2) is 29.2 Å². The Morgan fingerprint density at radius 2 is 2.07 bits per heavy atom. The Bertz CT molecular complexity index is 821. The predicted molar refractivity (Wildman–Crippen MR) is 110 cm³/mol. The average Bonchev–Trinajstić information content (AvgIpc) is 2.64. The summed E-state index contributed by atoms with van der Waals surface area (Å²) in [4.78, 5) is 38.4. The van der Waals surface area contributed by atoms with Crippen LogP contribution in [0.25, 0.3) is 6.08 Å². The number of aliphatic hydroxyl groups excluding tert-OH is 1. The van der Waals surface area contributed by atoms with Gasteiger partial charge in [0.25, 0.3) is 5.69 Å². The molecule has 0 aromatic heterocycles. The minimum atomic E-state index is -0.655. The summed E-state index contributed by atoms with van der Waals surface area (Å²) in [6, 6.07) is 3.88. The monoisotopic (exact) mass is 423 g/mol. The number of rotatable bonds is 4. The first kappa shape index (κ1) is 22.7. The number of carbonyl (C=O) groups is 2. The molecule has 0 radical (unpaired) electrons. The molecule has 0 spiro atoms. The highest BCUT2D eigenvalue weighted by atomic mass is 32.1. The molecule has 9 nitrogen and oxygen atoms in total. The third-order valence-corrected chi connectivity index (χ3v) is 4.63. The molecule has 158 valence electrons. The second kappa shape index (κ2) is 9.27. The molecule has 1 unspecified atom stereocenters. The lowest BCUT2D eigenvalue weighted by molar-refractivity contribution is -0.387. The lowest BCUT2D eigenvalue weighted by atomic mass is 10.1. The van der Waals surface area contributed by atoms with Crippen LogP contribution < -0.4 is 0 Å². The summed E-state index contributed by atoms with van der Waals surface area (Å²) < 4.78 is 5.35. The molecule has 1 fully saturated rings. The quantitative estimate of drug-likeness (QED) is 0.333. The highest BCUT2D eigenvalue weighted by Gasteiger charge is 2.34. The molecule has 1 N–H and O–H groups in total. The Morgan fingerprint density at radius 1 is 1.38 bits per heavy atom. The van der Waals surface area contributed by atoms with Crippen molar-refractivity contribution in [3.05, 3.63) is 40.0 Å². The van der Waals surface area contributed by atoms with Crippen LogP contribution in [0.4, 0.5) is 10.5 Å². The number of hydrogen-bond acceptors (Lipinski definition) is 7. The predicted octanol–water partition coefficient (Wildman–Crippen LogP) is 2.34. The maximum Gasteiger partial charge on any atom is 0.410 e. The Kier molecular flexibility index (Phi) is 7.26. The van der Waals surface area contributed by atoms with Gasteiger partial charge in [-0.05, 0) is 38.5 Å². The normalized spacial score (nSPS) is 17.5. The molecule has 1 aliphatic heterocycles. The zero-order valence-electron chi connectivity index (χ0n) is 16.6. The van der Waals surface area contributed by atoms with Crippen LogP contribution in [0, 0.1) is 10.1 Å². The van der Waals surface area contributed by atoms with Crippen LogP contribution in [0.5, 0.6) is 0 Å². The fourth-order valence-corrected chi connectivity index (χ4v) is 3.06. The standard InChI is InChI=1S/C19H25N3O6S/c1-19(2,3)28-18(25)21-9-8-20(11-14(21)12-23)17(24)7-5-13-4-6-16(29)15(10-13)22(26)27/h4-7,10,14,23,29H,8-9,11-12H2,1-3H3/b7-5+. The summed E-state index contributed by atoms with van der Waals surface area (Å²) >= 11 is 4.04. The number of aliphatic hydroxyl groups is 1. The van der Waals surface area contributed by atoms with E-state index in [1.807, 2.05) is 0 Å². The number of thiol groups is 1. The van der Waals surface area contributed by atoms with Gasteiger partial charge in [0.15, 0.2) is 0 Å². The third kappa shape index (κ3) is 6.20. The fourth-order valence-electron chi connectivity index (χ4n) is 2.84. The van der Waals surface area contributed by atoms with E-state index in [0.29, 0.717) is 5.56 Å². The largest absolute Gasteiger partial charge is 0.444 e. The maximum atomic E-state index is 12.5. The number of carbonyl (C=O) groups excluding carboxylic acids is 2. The van der Waals surface area contributed by atoms with Gasteiger partial charge in [-0.1, -0.05) is 6.07 Å². The molecule has 0 saturated carbocycles. The van der Waals surface area contributed by atoms with E-state index in [1.54, 1.807) is 26.8 Å². The van der Waals surface area contributed by atoms with E-state index in [2.05, 4.69) is 12.6 Å². The molecule has 0 aliphatic carbocycles. The molecular formula is C19H25N3O6S. The van der Waals surface area contributed by atoms with Crippen molar-refractivity contribution >= 4 is 36.4 Å². The summed E-state index contributed by atoms with van der Waals surface area (Å²) in [5.74, 6) is -0.315. The number of nitro groups is 1. The molecule has 0 bridgehead atoms. The molecule has 1 atom stereocenters. The SMILES string of the molecule is CC(C)(C)OC(=O)N1CCN(C(=O)/C=C/c2ccc(S)c([N+](=O)[O-])c2)CC1CO. The fraction of sp³-hybridized carbons (Fsp3) is 0.474. The van der Waals surface area contributed by atoms with Crippen molar-refractivity contribution in [3.63, 3.8) is 0 Å². The van der Waals surface area contributed by atoms with Gasteiger partial charge in [-0.15, -0.1) is 12.6 Å². The number of amides is 2. The van der Waals surface area contributed by atoms with Gasteiger partial charge < -0.3 is 14.7 Å². The minimum Gasteiger partial charge on any atom is -0.444 e. The highest BCUT2D eigenvalue weighted by molar-refractivity contribution is 7.80. The second-order valence-corrected chi connectivity index (χ2v) is 8.11. The number of hydrogen-bond donors (Lipinski definition) is 2. The molecule has 10 heteroatoms. The van der Waals surface area contributed by atoms with Crippen molar-refractivity contribution < 1.29 is 24.4 Å². The van der Waals surface area contributed by atoms with Crippen LogP contribution in [-0.2, 0) is 9.53 Å². The first-order chi connectivity index (χ1) is 13.5. The van der Waals surface area contributed by atoms with E-state index in [9.17, 15) is 24.8 Å². The molecule has 1 aliphatic rings. The van der Waals surface area contributed by atoms with Gasteiger partial charge in [-0.25, -0.2) is 4.79 Å².